The van der Waals surface area contributed by atoms with Crippen LogP contribution < -0.4 is 10.6 Å². The summed E-state index contributed by atoms with van der Waals surface area (Å²) in [5.41, 5.74) is 2.78. The number of aliphatic imine (C=N–C) groups is 1. The lowest BCUT2D eigenvalue weighted by molar-refractivity contribution is 0.601. The molecule has 2 N–H and O–H groups in total. The summed E-state index contributed by atoms with van der Waals surface area (Å²) < 4.78 is 22.6. The number of aromatic nitrogens is 1. The minimum absolute atomic E-state index is 0. The standard InChI is InChI=1S/C17H22N4O2S.HI/c1-18-17(21-12-16-5-3-4-10-19-16)20-11-14-6-8-15(9-7-14)13-24(2,22)23;/h3-10H,11-13H2,1-2H3,(H2,18,20,21);1H. The molecule has 2 rings (SSSR count). The van der Waals surface area contributed by atoms with Gasteiger partial charge in [0.25, 0.3) is 0 Å². The van der Waals surface area contributed by atoms with Crippen molar-refractivity contribution in [3.05, 3.63) is 65.5 Å². The van der Waals surface area contributed by atoms with Crippen LogP contribution in [0.1, 0.15) is 16.8 Å². The van der Waals surface area contributed by atoms with Crippen molar-refractivity contribution in [3.63, 3.8) is 0 Å². The third-order valence-electron chi connectivity index (χ3n) is 3.30. The third kappa shape index (κ3) is 8.30. The number of nitrogens with zero attached hydrogens (tertiary/aromatic N) is 2. The van der Waals surface area contributed by atoms with Crippen LogP contribution in [0.3, 0.4) is 0 Å². The van der Waals surface area contributed by atoms with Gasteiger partial charge in [-0.1, -0.05) is 30.3 Å². The molecule has 136 valence electrons. The Morgan fingerprint density at radius 2 is 1.68 bits per heavy atom. The number of benzene rings is 1. The normalized spacial score (nSPS) is 11.5. The van der Waals surface area contributed by atoms with Crippen molar-refractivity contribution in [2.24, 2.45) is 4.99 Å². The highest BCUT2D eigenvalue weighted by atomic mass is 127. The molecule has 0 fully saturated rings. The molecule has 0 bridgehead atoms. The number of hydrogen-bond donors (Lipinski definition) is 2. The number of halogens is 1. The van der Waals surface area contributed by atoms with Gasteiger partial charge in [-0.3, -0.25) is 9.98 Å². The Morgan fingerprint density at radius 3 is 2.24 bits per heavy atom. The summed E-state index contributed by atoms with van der Waals surface area (Å²) in [7, 11) is -1.29. The number of sulfone groups is 1. The Labute approximate surface area is 166 Å². The number of pyridine rings is 1. The predicted octanol–water partition coefficient (Wildman–Crippen LogP) is 2.11. The van der Waals surface area contributed by atoms with E-state index in [0.29, 0.717) is 19.0 Å². The van der Waals surface area contributed by atoms with Crippen LogP contribution in [0.5, 0.6) is 0 Å². The molecule has 25 heavy (non-hydrogen) atoms. The average Bonchev–Trinajstić information content (AvgIpc) is 2.56. The topological polar surface area (TPSA) is 83.5 Å². The smallest absolute Gasteiger partial charge is 0.191 e. The summed E-state index contributed by atoms with van der Waals surface area (Å²) in [5.74, 6) is 0.745. The van der Waals surface area contributed by atoms with E-state index < -0.39 is 9.84 Å². The first kappa shape index (κ1) is 21.4. The molecule has 0 spiro atoms. The van der Waals surface area contributed by atoms with Crippen molar-refractivity contribution in [3.8, 4) is 0 Å². The maximum atomic E-state index is 11.3. The fourth-order valence-corrected chi connectivity index (χ4v) is 2.94. The second kappa shape index (κ2) is 10.3. The first-order valence-corrected chi connectivity index (χ1v) is 9.62. The molecule has 0 aliphatic rings. The first-order chi connectivity index (χ1) is 11.5. The van der Waals surface area contributed by atoms with Gasteiger partial charge in [-0.2, -0.15) is 0 Å². The maximum absolute atomic E-state index is 11.3. The van der Waals surface area contributed by atoms with Crippen LogP contribution in [0.4, 0.5) is 0 Å². The molecule has 0 amide bonds. The van der Waals surface area contributed by atoms with E-state index >= 15 is 0 Å². The van der Waals surface area contributed by atoms with Crippen molar-refractivity contribution in [1.82, 2.24) is 15.6 Å². The van der Waals surface area contributed by atoms with Crippen molar-refractivity contribution in [1.29, 1.82) is 0 Å². The highest BCUT2D eigenvalue weighted by Crippen LogP contribution is 2.07. The zero-order valence-electron chi connectivity index (χ0n) is 14.3. The second-order valence-electron chi connectivity index (χ2n) is 5.49. The molecule has 0 saturated carbocycles. The van der Waals surface area contributed by atoms with Gasteiger partial charge in [0.15, 0.2) is 15.8 Å². The van der Waals surface area contributed by atoms with E-state index in [4.69, 9.17) is 0 Å². The lowest BCUT2D eigenvalue weighted by atomic mass is 10.1. The minimum Gasteiger partial charge on any atom is -0.352 e. The molecule has 1 aromatic carbocycles. The Bertz CT molecular complexity index is 778. The van der Waals surface area contributed by atoms with Crippen molar-refractivity contribution < 1.29 is 8.42 Å². The van der Waals surface area contributed by atoms with Gasteiger partial charge in [0, 0.05) is 26.0 Å². The predicted molar refractivity (Wildman–Crippen MR) is 112 cm³/mol. The van der Waals surface area contributed by atoms with E-state index in [2.05, 4.69) is 20.6 Å². The molecular weight excluding hydrogens is 451 g/mol. The first-order valence-electron chi connectivity index (χ1n) is 7.56. The van der Waals surface area contributed by atoms with Crippen LogP contribution in [0, 0.1) is 0 Å². The molecule has 8 heteroatoms. The second-order valence-corrected chi connectivity index (χ2v) is 7.63. The number of guanidine groups is 1. The molecule has 2 aromatic rings. The lowest BCUT2D eigenvalue weighted by Gasteiger charge is -2.12. The summed E-state index contributed by atoms with van der Waals surface area (Å²) in [6.45, 7) is 1.19. The quantitative estimate of drug-likeness (QED) is 0.381. The summed E-state index contributed by atoms with van der Waals surface area (Å²) in [6.07, 6.45) is 2.99. The van der Waals surface area contributed by atoms with Gasteiger partial charge >= 0.3 is 0 Å². The van der Waals surface area contributed by atoms with Gasteiger partial charge in [-0.05, 0) is 23.3 Å². The van der Waals surface area contributed by atoms with Crippen LogP contribution in [0.15, 0.2) is 53.7 Å². The Kier molecular flexibility index (Phi) is 8.84. The molecule has 0 saturated heterocycles. The fourth-order valence-electron chi connectivity index (χ4n) is 2.14. The molecule has 1 aromatic heterocycles. The van der Waals surface area contributed by atoms with Crippen LogP contribution in [0.25, 0.3) is 0 Å². The lowest BCUT2D eigenvalue weighted by Crippen LogP contribution is -2.36. The number of rotatable bonds is 6. The average molecular weight is 474 g/mol. The Hall–Kier alpha value is -1.68. The fraction of sp³-hybridized carbons (Fsp3) is 0.294. The van der Waals surface area contributed by atoms with Gasteiger partial charge in [0.2, 0.25) is 0 Å². The molecule has 6 nitrogen and oxygen atoms in total. The summed E-state index contributed by atoms with van der Waals surface area (Å²) in [4.78, 5) is 8.42. The molecule has 0 aliphatic carbocycles. The van der Waals surface area contributed by atoms with E-state index in [-0.39, 0.29) is 29.7 Å². The highest BCUT2D eigenvalue weighted by Gasteiger charge is 2.04. The van der Waals surface area contributed by atoms with E-state index in [1.807, 2.05) is 42.5 Å². The molecule has 0 aliphatic heterocycles. The zero-order chi connectivity index (χ0) is 17.4. The van der Waals surface area contributed by atoms with Crippen molar-refractivity contribution in [2.75, 3.05) is 13.3 Å². The monoisotopic (exact) mass is 474 g/mol. The largest absolute Gasteiger partial charge is 0.352 e. The molecular formula is C17H23IN4O2S. The molecule has 0 unspecified atom stereocenters. The van der Waals surface area contributed by atoms with Crippen LogP contribution >= 0.6 is 24.0 Å². The highest BCUT2D eigenvalue weighted by molar-refractivity contribution is 14.0. The van der Waals surface area contributed by atoms with Gasteiger partial charge in [0.1, 0.15) is 0 Å². The maximum Gasteiger partial charge on any atom is 0.191 e. The van der Waals surface area contributed by atoms with Gasteiger partial charge in [-0.15, -0.1) is 24.0 Å². The van der Waals surface area contributed by atoms with Gasteiger partial charge in [0.05, 0.1) is 18.0 Å². The Morgan fingerprint density at radius 1 is 1.04 bits per heavy atom. The summed E-state index contributed by atoms with van der Waals surface area (Å²) >= 11 is 0. The van der Waals surface area contributed by atoms with E-state index in [0.717, 1.165) is 16.8 Å². The SMILES string of the molecule is CN=C(NCc1ccc(CS(C)(=O)=O)cc1)NCc1ccccn1.I. The van der Waals surface area contributed by atoms with Crippen molar-refractivity contribution in [2.45, 2.75) is 18.8 Å². The van der Waals surface area contributed by atoms with Gasteiger partial charge < -0.3 is 10.6 Å². The van der Waals surface area contributed by atoms with Gasteiger partial charge in [-0.25, -0.2) is 8.42 Å². The van der Waals surface area contributed by atoms with E-state index in [1.165, 1.54) is 6.26 Å². The van der Waals surface area contributed by atoms with Crippen LogP contribution in [0.2, 0.25) is 0 Å². The zero-order valence-corrected chi connectivity index (χ0v) is 17.4. The van der Waals surface area contributed by atoms with Crippen LogP contribution in [-0.4, -0.2) is 32.7 Å². The molecule has 1 heterocycles. The molecule has 0 radical (unpaired) electrons. The van der Waals surface area contributed by atoms with Crippen LogP contribution in [-0.2, 0) is 28.7 Å². The van der Waals surface area contributed by atoms with E-state index in [9.17, 15) is 8.42 Å². The number of nitrogens with one attached hydrogen (secondary N) is 2. The number of hydrogen-bond acceptors (Lipinski definition) is 4. The van der Waals surface area contributed by atoms with E-state index in [1.54, 1.807) is 13.2 Å². The Balaban J connectivity index is 0.00000312. The summed E-state index contributed by atoms with van der Waals surface area (Å²) in [6, 6.07) is 13.3. The third-order valence-corrected chi connectivity index (χ3v) is 4.16. The summed E-state index contributed by atoms with van der Waals surface area (Å²) in [5, 5.41) is 6.41. The van der Waals surface area contributed by atoms with Crippen molar-refractivity contribution >= 4 is 39.8 Å². The molecule has 0 atom stereocenters. The minimum atomic E-state index is -3.00.